The zero-order chi connectivity index (χ0) is 12.0. The third-order valence-electron chi connectivity index (χ3n) is 1.89. The van der Waals surface area contributed by atoms with Gasteiger partial charge >= 0.3 is 0 Å². The maximum absolute atomic E-state index is 11.6. The SMILES string of the molecule is Cn1ccc(S(=O)(=O)NCCOCCO)c1. The standard InChI is InChI=1S/C9H16N2O4S/c1-11-4-2-9(8-11)16(13,14)10-3-6-15-7-5-12/h2,4,8,10,12H,3,5-7H2,1H3. The van der Waals surface area contributed by atoms with Crippen LogP contribution >= 0.6 is 0 Å². The van der Waals surface area contributed by atoms with Crippen molar-refractivity contribution < 1.29 is 18.3 Å². The minimum atomic E-state index is -3.44. The number of aliphatic hydroxyl groups is 1. The first-order chi connectivity index (χ1) is 7.56. The van der Waals surface area contributed by atoms with Crippen LogP contribution in [0.5, 0.6) is 0 Å². The molecule has 16 heavy (non-hydrogen) atoms. The van der Waals surface area contributed by atoms with Gasteiger partial charge in [-0.05, 0) is 6.07 Å². The van der Waals surface area contributed by atoms with E-state index < -0.39 is 10.0 Å². The van der Waals surface area contributed by atoms with Crippen LogP contribution in [-0.4, -0.2) is 44.5 Å². The van der Waals surface area contributed by atoms with Gasteiger partial charge in [-0.1, -0.05) is 0 Å². The minimum absolute atomic E-state index is 0.0641. The molecule has 0 aliphatic rings. The van der Waals surface area contributed by atoms with Gasteiger partial charge in [0.1, 0.15) is 0 Å². The van der Waals surface area contributed by atoms with Gasteiger partial charge in [-0.3, -0.25) is 0 Å². The maximum Gasteiger partial charge on any atom is 0.242 e. The van der Waals surface area contributed by atoms with Gasteiger partial charge in [-0.25, -0.2) is 13.1 Å². The second-order valence-corrected chi connectivity index (χ2v) is 5.01. The molecule has 2 N–H and O–H groups in total. The largest absolute Gasteiger partial charge is 0.394 e. The molecule has 1 rings (SSSR count). The molecule has 0 fully saturated rings. The molecular formula is C9H16N2O4S. The summed E-state index contributed by atoms with van der Waals surface area (Å²) in [7, 11) is -1.69. The zero-order valence-corrected chi connectivity index (χ0v) is 9.90. The van der Waals surface area contributed by atoms with E-state index in [9.17, 15) is 8.42 Å². The Bertz CT molecular complexity index is 413. The molecule has 0 bridgehead atoms. The average Bonchev–Trinajstić information content (AvgIpc) is 2.65. The summed E-state index contributed by atoms with van der Waals surface area (Å²) in [5.41, 5.74) is 0. The predicted octanol–water partition coefficient (Wildman–Crippen LogP) is -0.688. The van der Waals surface area contributed by atoms with E-state index >= 15 is 0 Å². The summed E-state index contributed by atoms with van der Waals surface area (Å²) >= 11 is 0. The Morgan fingerprint density at radius 1 is 1.50 bits per heavy atom. The number of nitrogens with one attached hydrogen (secondary N) is 1. The normalized spacial score (nSPS) is 11.9. The Hall–Kier alpha value is -0.890. The van der Waals surface area contributed by atoms with E-state index in [1.165, 1.54) is 12.3 Å². The predicted molar refractivity (Wildman–Crippen MR) is 58.5 cm³/mol. The smallest absolute Gasteiger partial charge is 0.242 e. The van der Waals surface area contributed by atoms with Crippen molar-refractivity contribution >= 4 is 10.0 Å². The quantitative estimate of drug-likeness (QED) is 0.626. The summed E-state index contributed by atoms with van der Waals surface area (Å²) in [6, 6.07) is 1.52. The van der Waals surface area contributed by atoms with E-state index in [1.54, 1.807) is 17.8 Å². The highest BCUT2D eigenvalue weighted by Crippen LogP contribution is 2.07. The number of hydrogen-bond donors (Lipinski definition) is 2. The van der Waals surface area contributed by atoms with Crippen LogP contribution in [0.3, 0.4) is 0 Å². The molecule has 0 aliphatic carbocycles. The minimum Gasteiger partial charge on any atom is -0.394 e. The van der Waals surface area contributed by atoms with E-state index in [4.69, 9.17) is 9.84 Å². The molecule has 0 radical (unpaired) electrons. The van der Waals surface area contributed by atoms with Crippen LogP contribution in [-0.2, 0) is 21.8 Å². The lowest BCUT2D eigenvalue weighted by Crippen LogP contribution is -2.27. The molecule has 0 spiro atoms. The molecule has 1 aromatic rings. The summed E-state index contributed by atoms with van der Waals surface area (Å²) in [6.45, 7) is 0.586. The monoisotopic (exact) mass is 248 g/mol. The summed E-state index contributed by atoms with van der Waals surface area (Å²) < 4.78 is 32.3. The number of sulfonamides is 1. The van der Waals surface area contributed by atoms with Crippen LogP contribution < -0.4 is 4.72 Å². The van der Waals surface area contributed by atoms with Gasteiger partial charge in [0.25, 0.3) is 0 Å². The van der Waals surface area contributed by atoms with Crippen molar-refractivity contribution in [1.82, 2.24) is 9.29 Å². The Balaban J connectivity index is 2.41. The lowest BCUT2D eigenvalue weighted by molar-refractivity contribution is 0.0961. The second kappa shape index (κ2) is 6.00. The third-order valence-corrected chi connectivity index (χ3v) is 3.34. The lowest BCUT2D eigenvalue weighted by Gasteiger charge is -2.05. The molecule has 0 unspecified atom stereocenters. The van der Waals surface area contributed by atoms with Crippen LogP contribution in [0.25, 0.3) is 0 Å². The van der Waals surface area contributed by atoms with Gasteiger partial charge < -0.3 is 14.4 Å². The van der Waals surface area contributed by atoms with Gasteiger partial charge in [0.15, 0.2) is 0 Å². The van der Waals surface area contributed by atoms with Crippen LogP contribution in [0.1, 0.15) is 0 Å². The fourth-order valence-corrected chi connectivity index (χ4v) is 2.20. The molecule has 1 aromatic heterocycles. The summed E-state index contributed by atoms with van der Waals surface area (Å²) in [5, 5.41) is 8.44. The second-order valence-electron chi connectivity index (χ2n) is 3.25. The fourth-order valence-electron chi connectivity index (χ4n) is 1.13. The molecule has 6 nitrogen and oxygen atoms in total. The van der Waals surface area contributed by atoms with E-state index in [-0.39, 0.29) is 31.3 Å². The Kier molecular flexibility index (Phi) is 4.94. The van der Waals surface area contributed by atoms with E-state index in [2.05, 4.69) is 4.72 Å². The number of aromatic nitrogens is 1. The summed E-state index contributed by atoms with van der Waals surface area (Å²) in [4.78, 5) is 0.233. The first-order valence-corrected chi connectivity index (χ1v) is 6.35. The molecule has 0 saturated heterocycles. The Morgan fingerprint density at radius 3 is 2.81 bits per heavy atom. The third kappa shape index (κ3) is 3.93. The van der Waals surface area contributed by atoms with Crippen molar-refractivity contribution in [2.45, 2.75) is 4.90 Å². The molecule has 0 aliphatic heterocycles. The van der Waals surface area contributed by atoms with Crippen LogP contribution in [0, 0.1) is 0 Å². The van der Waals surface area contributed by atoms with Gasteiger partial charge in [-0.2, -0.15) is 0 Å². The van der Waals surface area contributed by atoms with E-state index in [0.29, 0.717) is 0 Å². The molecule has 92 valence electrons. The molecule has 0 saturated carbocycles. The maximum atomic E-state index is 11.6. The highest BCUT2D eigenvalue weighted by Gasteiger charge is 2.13. The van der Waals surface area contributed by atoms with Gasteiger partial charge in [0, 0.05) is 26.0 Å². The summed E-state index contributed by atoms with van der Waals surface area (Å²) in [5.74, 6) is 0. The molecular weight excluding hydrogens is 232 g/mol. The first-order valence-electron chi connectivity index (χ1n) is 4.86. The first kappa shape index (κ1) is 13.2. The fraction of sp³-hybridized carbons (Fsp3) is 0.556. The van der Waals surface area contributed by atoms with Gasteiger partial charge in [0.05, 0.1) is 24.7 Å². The van der Waals surface area contributed by atoms with Crippen molar-refractivity contribution in [2.24, 2.45) is 7.05 Å². The molecule has 0 aromatic carbocycles. The molecule has 7 heteroatoms. The highest BCUT2D eigenvalue weighted by atomic mass is 32.2. The zero-order valence-electron chi connectivity index (χ0n) is 9.09. The van der Waals surface area contributed by atoms with Gasteiger partial charge in [-0.15, -0.1) is 0 Å². The van der Waals surface area contributed by atoms with E-state index in [0.717, 1.165) is 0 Å². The van der Waals surface area contributed by atoms with Crippen molar-refractivity contribution in [3.05, 3.63) is 18.5 Å². The van der Waals surface area contributed by atoms with Crippen molar-refractivity contribution in [1.29, 1.82) is 0 Å². The molecule has 0 atom stereocenters. The number of ether oxygens (including phenoxy) is 1. The number of nitrogens with zero attached hydrogens (tertiary/aromatic N) is 1. The van der Waals surface area contributed by atoms with Crippen molar-refractivity contribution in [3.63, 3.8) is 0 Å². The van der Waals surface area contributed by atoms with E-state index in [1.807, 2.05) is 0 Å². The summed E-state index contributed by atoms with van der Waals surface area (Å²) in [6.07, 6.45) is 3.19. The van der Waals surface area contributed by atoms with Crippen molar-refractivity contribution in [2.75, 3.05) is 26.4 Å². The van der Waals surface area contributed by atoms with Gasteiger partial charge in [0.2, 0.25) is 10.0 Å². The molecule has 0 amide bonds. The Labute approximate surface area is 94.9 Å². The Morgan fingerprint density at radius 2 is 2.25 bits per heavy atom. The highest BCUT2D eigenvalue weighted by molar-refractivity contribution is 7.89. The average molecular weight is 248 g/mol. The molecule has 1 heterocycles. The lowest BCUT2D eigenvalue weighted by atomic mass is 10.7. The van der Waals surface area contributed by atoms with Crippen molar-refractivity contribution in [3.8, 4) is 0 Å². The number of aliphatic hydroxyl groups excluding tert-OH is 1. The van der Waals surface area contributed by atoms with Crippen LogP contribution in [0.4, 0.5) is 0 Å². The topological polar surface area (TPSA) is 80.6 Å². The number of hydrogen-bond acceptors (Lipinski definition) is 4. The number of aryl methyl sites for hydroxylation is 1. The number of rotatable bonds is 7. The van der Waals surface area contributed by atoms with Crippen LogP contribution in [0.15, 0.2) is 23.4 Å². The van der Waals surface area contributed by atoms with Crippen LogP contribution in [0.2, 0.25) is 0 Å².